The topological polar surface area (TPSA) is 52.3 Å². The fourth-order valence-electron chi connectivity index (χ4n) is 2.74. The second kappa shape index (κ2) is 6.10. The van der Waals surface area contributed by atoms with Crippen LogP contribution in [-0.4, -0.2) is 12.4 Å². The second-order valence-electron chi connectivity index (χ2n) is 5.39. The lowest BCUT2D eigenvalue weighted by atomic mass is 9.95. The molecule has 21 heavy (non-hydrogen) atoms. The van der Waals surface area contributed by atoms with E-state index in [1.54, 1.807) is 0 Å². The zero-order valence-corrected chi connectivity index (χ0v) is 11.9. The summed E-state index contributed by atoms with van der Waals surface area (Å²) in [7, 11) is 0. The van der Waals surface area contributed by atoms with Crippen LogP contribution >= 0.6 is 0 Å². The molecule has 0 aromatic heterocycles. The highest BCUT2D eigenvalue weighted by Crippen LogP contribution is 2.30. The molecule has 2 aromatic rings. The molecular weight excluding hydrogens is 262 g/mol. The van der Waals surface area contributed by atoms with Crippen LogP contribution in [0, 0.1) is 0 Å². The SMILES string of the molecule is NC(CC(=O)c1cccc2c1OCCC2)c1ccccc1. The molecular formula is C18H19NO2. The highest BCUT2D eigenvalue weighted by atomic mass is 16.5. The number of para-hydroxylation sites is 1. The molecule has 1 aliphatic heterocycles. The number of carbonyl (C=O) groups is 1. The lowest BCUT2D eigenvalue weighted by Crippen LogP contribution is -2.18. The quantitative estimate of drug-likeness (QED) is 0.875. The van der Waals surface area contributed by atoms with Gasteiger partial charge >= 0.3 is 0 Å². The maximum atomic E-state index is 12.5. The number of carbonyl (C=O) groups excluding carboxylic acids is 1. The Labute approximate surface area is 124 Å². The van der Waals surface area contributed by atoms with Crippen molar-refractivity contribution in [2.24, 2.45) is 5.73 Å². The number of Topliss-reactive ketones (excluding diaryl/α,β-unsaturated/α-hetero) is 1. The molecule has 2 aromatic carbocycles. The van der Waals surface area contributed by atoms with Crippen LogP contribution in [0.25, 0.3) is 0 Å². The van der Waals surface area contributed by atoms with E-state index >= 15 is 0 Å². The molecule has 0 fully saturated rings. The van der Waals surface area contributed by atoms with Gasteiger partial charge in [-0.25, -0.2) is 0 Å². The first kappa shape index (κ1) is 13.8. The first-order chi connectivity index (χ1) is 10.3. The van der Waals surface area contributed by atoms with Crippen molar-refractivity contribution < 1.29 is 9.53 Å². The average molecular weight is 281 g/mol. The van der Waals surface area contributed by atoms with Gasteiger partial charge in [-0.05, 0) is 30.0 Å². The van der Waals surface area contributed by atoms with Crippen LogP contribution in [0.3, 0.4) is 0 Å². The summed E-state index contributed by atoms with van der Waals surface area (Å²) in [6, 6.07) is 15.2. The van der Waals surface area contributed by atoms with E-state index in [1.807, 2.05) is 48.5 Å². The van der Waals surface area contributed by atoms with Gasteiger partial charge in [0.05, 0.1) is 12.2 Å². The van der Waals surface area contributed by atoms with Crippen LogP contribution < -0.4 is 10.5 Å². The van der Waals surface area contributed by atoms with Gasteiger partial charge < -0.3 is 10.5 Å². The molecule has 1 heterocycles. The minimum atomic E-state index is -0.279. The monoisotopic (exact) mass is 281 g/mol. The molecule has 0 bridgehead atoms. The number of rotatable bonds is 4. The maximum absolute atomic E-state index is 12.5. The first-order valence-corrected chi connectivity index (χ1v) is 7.34. The van der Waals surface area contributed by atoms with Crippen molar-refractivity contribution in [1.29, 1.82) is 0 Å². The number of hydrogen-bond donors (Lipinski definition) is 1. The van der Waals surface area contributed by atoms with Crippen LogP contribution in [0.2, 0.25) is 0 Å². The smallest absolute Gasteiger partial charge is 0.168 e. The van der Waals surface area contributed by atoms with Gasteiger partial charge in [-0.3, -0.25) is 4.79 Å². The zero-order chi connectivity index (χ0) is 14.7. The van der Waals surface area contributed by atoms with E-state index in [-0.39, 0.29) is 11.8 Å². The summed E-state index contributed by atoms with van der Waals surface area (Å²) < 4.78 is 5.70. The molecule has 3 nitrogen and oxygen atoms in total. The van der Waals surface area contributed by atoms with Crippen LogP contribution in [0.5, 0.6) is 5.75 Å². The number of ketones is 1. The maximum Gasteiger partial charge on any atom is 0.168 e. The van der Waals surface area contributed by atoms with Gasteiger partial charge in [-0.2, -0.15) is 0 Å². The van der Waals surface area contributed by atoms with Gasteiger partial charge in [-0.1, -0.05) is 42.5 Å². The fraction of sp³-hybridized carbons (Fsp3) is 0.278. The molecule has 0 aliphatic carbocycles. The summed E-state index contributed by atoms with van der Waals surface area (Å²) in [6.07, 6.45) is 2.28. The Morgan fingerprint density at radius 1 is 1.14 bits per heavy atom. The Hall–Kier alpha value is -2.13. The summed E-state index contributed by atoms with van der Waals surface area (Å²) in [5.41, 5.74) is 8.92. The van der Waals surface area contributed by atoms with Crippen LogP contribution in [-0.2, 0) is 6.42 Å². The van der Waals surface area contributed by atoms with Crippen molar-refractivity contribution in [2.45, 2.75) is 25.3 Å². The van der Waals surface area contributed by atoms with E-state index in [2.05, 4.69) is 0 Å². The number of benzene rings is 2. The van der Waals surface area contributed by atoms with Crippen molar-refractivity contribution in [3.63, 3.8) is 0 Å². The average Bonchev–Trinajstić information content (AvgIpc) is 2.55. The molecule has 1 atom stereocenters. The Bertz CT molecular complexity index is 637. The van der Waals surface area contributed by atoms with E-state index < -0.39 is 0 Å². The minimum absolute atomic E-state index is 0.0464. The molecule has 0 spiro atoms. The summed E-state index contributed by atoms with van der Waals surface area (Å²) in [5, 5.41) is 0. The first-order valence-electron chi connectivity index (χ1n) is 7.34. The van der Waals surface area contributed by atoms with E-state index in [0.717, 1.165) is 29.7 Å². The van der Waals surface area contributed by atoms with Gasteiger partial charge in [0.2, 0.25) is 0 Å². The lowest BCUT2D eigenvalue weighted by molar-refractivity contribution is 0.0969. The molecule has 0 saturated carbocycles. The number of hydrogen-bond acceptors (Lipinski definition) is 3. The molecule has 108 valence electrons. The molecule has 3 heteroatoms. The van der Waals surface area contributed by atoms with Gasteiger partial charge in [0.15, 0.2) is 5.78 Å². The lowest BCUT2D eigenvalue weighted by Gasteiger charge is -2.20. The van der Waals surface area contributed by atoms with Gasteiger partial charge in [0, 0.05) is 12.5 Å². The highest BCUT2D eigenvalue weighted by molar-refractivity contribution is 5.99. The Morgan fingerprint density at radius 2 is 1.95 bits per heavy atom. The summed E-state index contributed by atoms with van der Waals surface area (Å²) in [6.45, 7) is 0.683. The van der Waals surface area contributed by atoms with Crippen molar-refractivity contribution in [1.82, 2.24) is 0 Å². The van der Waals surface area contributed by atoms with Crippen molar-refractivity contribution in [3.05, 3.63) is 65.2 Å². The van der Waals surface area contributed by atoms with Crippen molar-refractivity contribution in [2.75, 3.05) is 6.61 Å². The van der Waals surface area contributed by atoms with Crippen molar-refractivity contribution >= 4 is 5.78 Å². The zero-order valence-electron chi connectivity index (χ0n) is 11.9. The van der Waals surface area contributed by atoms with Gasteiger partial charge in [0.25, 0.3) is 0 Å². The normalized spacial score (nSPS) is 14.9. The predicted octanol–water partition coefficient (Wildman–Crippen LogP) is 3.28. The van der Waals surface area contributed by atoms with E-state index in [0.29, 0.717) is 18.6 Å². The van der Waals surface area contributed by atoms with Gasteiger partial charge in [0.1, 0.15) is 5.75 Å². The van der Waals surface area contributed by atoms with E-state index in [4.69, 9.17) is 10.5 Å². The third-order valence-electron chi connectivity index (χ3n) is 3.87. The molecule has 3 rings (SSSR count). The van der Waals surface area contributed by atoms with Crippen LogP contribution in [0.4, 0.5) is 0 Å². The van der Waals surface area contributed by atoms with Gasteiger partial charge in [-0.15, -0.1) is 0 Å². The Balaban J connectivity index is 1.80. The number of nitrogens with two attached hydrogens (primary N) is 1. The fourth-order valence-corrected chi connectivity index (χ4v) is 2.74. The number of fused-ring (bicyclic) bond motifs is 1. The molecule has 0 radical (unpaired) electrons. The van der Waals surface area contributed by atoms with E-state index in [1.165, 1.54) is 0 Å². The molecule has 0 amide bonds. The molecule has 1 aliphatic rings. The number of ether oxygens (including phenoxy) is 1. The van der Waals surface area contributed by atoms with Crippen LogP contribution in [0.15, 0.2) is 48.5 Å². The summed E-state index contributed by atoms with van der Waals surface area (Å²) in [5.74, 6) is 0.805. The standard InChI is InChI=1S/C18H19NO2/c19-16(13-6-2-1-3-7-13)12-17(20)15-10-4-8-14-9-5-11-21-18(14)15/h1-4,6-8,10,16H,5,9,11-12,19H2. The number of aryl methyl sites for hydroxylation is 1. The Morgan fingerprint density at radius 3 is 2.76 bits per heavy atom. The molecule has 1 unspecified atom stereocenters. The predicted molar refractivity (Wildman–Crippen MR) is 82.6 cm³/mol. The van der Waals surface area contributed by atoms with Crippen molar-refractivity contribution in [3.8, 4) is 5.75 Å². The van der Waals surface area contributed by atoms with Crippen LogP contribution in [0.1, 0.15) is 40.4 Å². The van der Waals surface area contributed by atoms with E-state index in [9.17, 15) is 4.79 Å². The Kier molecular flexibility index (Phi) is 4.02. The summed E-state index contributed by atoms with van der Waals surface area (Å²) in [4.78, 5) is 12.5. The molecule has 0 saturated heterocycles. The second-order valence-corrected chi connectivity index (χ2v) is 5.39. The third kappa shape index (κ3) is 2.98. The highest BCUT2D eigenvalue weighted by Gasteiger charge is 2.21. The largest absolute Gasteiger partial charge is 0.493 e. The summed E-state index contributed by atoms with van der Waals surface area (Å²) >= 11 is 0. The molecule has 2 N–H and O–H groups in total. The minimum Gasteiger partial charge on any atom is -0.493 e. The third-order valence-corrected chi connectivity index (χ3v) is 3.87.